The first kappa shape index (κ1) is 20.1. The molecule has 0 aromatic carbocycles. The smallest absolute Gasteiger partial charge is 0.306 e. The standard InChI is InChI=1S/C12H22O3.C5H10O/c1-9(2)8-12(13)15-11-6-4-10(14-3)5-7-11;1-5(2)3-4-6/h9-11H,4-8H2,1-3H3;4-5H,3H2,1-2H3. The van der Waals surface area contributed by atoms with Crippen molar-refractivity contribution >= 4 is 12.3 Å². The first-order valence-corrected chi connectivity index (χ1v) is 8.04. The fourth-order valence-electron chi connectivity index (χ4n) is 2.15. The molecule has 1 fully saturated rings. The third kappa shape index (κ3) is 11.4. The van der Waals surface area contributed by atoms with Gasteiger partial charge in [-0.1, -0.05) is 27.7 Å². The van der Waals surface area contributed by atoms with Gasteiger partial charge in [0.25, 0.3) is 0 Å². The Labute approximate surface area is 129 Å². The monoisotopic (exact) mass is 300 g/mol. The molecule has 0 amide bonds. The molecule has 0 N–H and O–H groups in total. The van der Waals surface area contributed by atoms with Crippen LogP contribution in [0.4, 0.5) is 0 Å². The molecular formula is C17H32O4. The fraction of sp³-hybridized carbons (Fsp3) is 0.882. The van der Waals surface area contributed by atoms with Gasteiger partial charge in [0.05, 0.1) is 6.10 Å². The van der Waals surface area contributed by atoms with E-state index in [2.05, 4.69) is 0 Å². The number of carbonyl (C=O) groups excluding carboxylic acids is 2. The SMILES string of the molecule is CC(C)CC=O.COC1CCC(OC(=O)CC(C)C)CC1. The van der Waals surface area contributed by atoms with E-state index in [9.17, 15) is 9.59 Å². The molecule has 0 bridgehead atoms. The molecule has 0 aromatic heterocycles. The summed E-state index contributed by atoms with van der Waals surface area (Å²) in [5.74, 6) is 0.862. The molecular weight excluding hydrogens is 268 g/mol. The van der Waals surface area contributed by atoms with Gasteiger partial charge in [0.15, 0.2) is 0 Å². The second kappa shape index (κ2) is 11.7. The number of hydrogen-bond donors (Lipinski definition) is 0. The topological polar surface area (TPSA) is 52.6 Å². The normalized spacial score (nSPS) is 21.7. The second-order valence-corrected chi connectivity index (χ2v) is 6.52. The number of hydrogen-bond acceptors (Lipinski definition) is 4. The Kier molecular flexibility index (Phi) is 11.2. The van der Waals surface area contributed by atoms with Crippen LogP contribution in [0.1, 0.15) is 66.2 Å². The minimum atomic E-state index is -0.0501. The molecule has 21 heavy (non-hydrogen) atoms. The first-order chi connectivity index (χ1) is 9.88. The van der Waals surface area contributed by atoms with Crippen molar-refractivity contribution in [3.05, 3.63) is 0 Å². The average molecular weight is 300 g/mol. The molecule has 0 radical (unpaired) electrons. The van der Waals surface area contributed by atoms with Crippen LogP contribution in [0.2, 0.25) is 0 Å². The van der Waals surface area contributed by atoms with Gasteiger partial charge in [-0.25, -0.2) is 0 Å². The van der Waals surface area contributed by atoms with Crippen LogP contribution in [-0.4, -0.2) is 31.6 Å². The van der Waals surface area contributed by atoms with E-state index in [0.29, 0.717) is 30.8 Å². The highest BCUT2D eigenvalue weighted by Crippen LogP contribution is 2.23. The third-order valence-corrected chi connectivity index (χ3v) is 3.40. The summed E-state index contributed by atoms with van der Waals surface area (Å²) in [7, 11) is 1.75. The largest absolute Gasteiger partial charge is 0.462 e. The van der Waals surface area contributed by atoms with Crippen LogP contribution in [0.3, 0.4) is 0 Å². The van der Waals surface area contributed by atoms with Gasteiger partial charge in [0.1, 0.15) is 12.4 Å². The summed E-state index contributed by atoms with van der Waals surface area (Å²) < 4.78 is 10.7. The van der Waals surface area contributed by atoms with Crippen molar-refractivity contribution in [3.63, 3.8) is 0 Å². The van der Waals surface area contributed by atoms with Crippen molar-refractivity contribution in [2.24, 2.45) is 11.8 Å². The van der Waals surface area contributed by atoms with E-state index in [4.69, 9.17) is 9.47 Å². The second-order valence-electron chi connectivity index (χ2n) is 6.52. The summed E-state index contributed by atoms with van der Waals surface area (Å²) >= 11 is 0. The lowest BCUT2D eigenvalue weighted by Gasteiger charge is -2.27. The van der Waals surface area contributed by atoms with Gasteiger partial charge < -0.3 is 14.3 Å². The molecule has 0 aliphatic heterocycles. The van der Waals surface area contributed by atoms with Crippen LogP contribution in [0.25, 0.3) is 0 Å². The Bertz CT molecular complexity index is 279. The summed E-state index contributed by atoms with van der Waals surface area (Å²) in [5, 5.41) is 0. The van der Waals surface area contributed by atoms with E-state index in [1.807, 2.05) is 27.7 Å². The minimum absolute atomic E-state index is 0.0501. The lowest BCUT2D eigenvalue weighted by atomic mass is 9.95. The van der Waals surface area contributed by atoms with Crippen molar-refractivity contribution in [2.75, 3.05) is 7.11 Å². The fourth-order valence-corrected chi connectivity index (χ4v) is 2.15. The van der Waals surface area contributed by atoms with Crippen molar-refractivity contribution in [1.29, 1.82) is 0 Å². The zero-order valence-electron chi connectivity index (χ0n) is 14.3. The summed E-state index contributed by atoms with van der Waals surface area (Å²) in [6.45, 7) is 8.11. The highest BCUT2D eigenvalue weighted by Gasteiger charge is 2.23. The molecule has 0 atom stereocenters. The van der Waals surface area contributed by atoms with Gasteiger partial charge in [-0.05, 0) is 37.5 Å². The zero-order valence-corrected chi connectivity index (χ0v) is 14.3. The van der Waals surface area contributed by atoms with Gasteiger partial charge in [0.2, 0.25) is 0 Å². The van der Waals surface area contributed by atoms with Crippen LogP contribution >= 0.6 is 0 Å². The van der Waals surface area contributed by atoms with Crippen molar-refractivity contribution in [2.45, 2.75) is 78.4 Å². The van der Waals surface area contributed by atoms with Crippen molar-refractivity contribution in [3.8, 4) is 0 Å². The maximum absolute atomic E-state index is 11.4. The molecule has 0 aromatic rings. The molecule has 124 valence electrons. The van der Waals surface area contributed by atoms with E-state index in [1.165, 1.54) is 0 Å². The highest BCUT2D eigenvalue weighted by atomic mass is 16.5. The number of aldehydes is 1. The Morgan fingerprint density at radius 2 is 1.57 bits per heavy atom. The van der Waals surface area contributed by atoms with E-state index in [-0.39, 0.29) is 12.1 Å². The van der Waals surface area contributed by atoms with Gasteiger partial charge >= 0.3 is 5.97 Å². The number of ether oxygens (including phenoxy) is 2. The number of carbonyl (C=O) groups is 2. The predicted molar refractivity (Wildman–Crippen MR) is 84.1 cm³/mol. The lowest BCUT2D eigenvalue weighted by Crippen LogP contribution is -2.28. The molecule has 0 unspecified atom stereocenters. The number of esters is 1. The minimum Gasteiger partial charge on any atom is -0.462 e. The summed E-state index contributed by atoms with van der Waals surface area (Å²) in [6.07, 6.45) is 6.58. The summed E-state index contributed by atoms with van der Waals surface area (Å²) in [4.78, 5) is 21.0. The van der Waals surface area contributed by atoms with E-state index < -0.39 is 0 Å². The Balaban J connectivity index is 0.000000567. The highest BCUT2D eigenvalue weighted by molar-refractivity contribution is 5.69. The van der Waals surface area contributed by atoms with Crippen LogP contribution in [0, 0.1) is 11.8 Å². The Morgan fingerprint density at radius 3 is 1.90 bits per heavy atom. The maximum Gasteiger partial charge on any atom is 0.306 e. The molecule has 1 aliphatic carbocycles. The van der Waals surface area contributed by atoms with Gasteiger partial charge in [-0.2, -0.15) is 0 Å². The summed E-state index contributed by atoms with van der Waals surface area (Å²) in [5.41, 5.74) is 0. The number of methoxy groups -OCH3 is 1. The van der Waals surface area contributed by atoms with E-state index in [1.54, 1.807) is 7.11 Å². The predicted octanol–water partition coefficient (Wildman–Crippen LogP) is 3.76. The number of rotatable bonds is 6. The van der Waals surface area contributed by atoms with Crippen LogP contribution < -0.4 is 0 Å². The Hall–Kier alpha value is -0.900. The molecule has 0 saturated heterocycles. The Morgan fingerprint density at radius 1 is 1.05 bits per heavy atom. The molecule has 0 heterocycles. The third-order valence-electron chi connectivity index (χ3n) is 3.40. The van der Waals surface area contributed by atoms with Gasteiger partial charge in [-0.15, -0.1) is 0 Å². The molecule has 1 rings (SSSR count). The molecule has 4 nitrogen and oxygen atoms in total. The van der Waals surface area contributed by atoms with Gasteiger partial charge in [-0.3, -0.25) is 4.79 Å². The average Bonchev–Trinajstić information content (AvgIpc) is 2.39. The van der Waals surface area contributed by atoms with E-state index >= 15 is 0 Å². The molecule has 0 spiro atoms. The quantitative estimate of drug-likeness (QED) is 0.553. The molecule has 1 saturated carbocycles. The van der Waals surface area contributed by atoms with E-state index in [0.717, 1.165) is 32.0 Å². The van der Waals surface area contributed by atoms with Gasteiger partial charge in [0, 0.05) is 20.0 Å². The zero-order chi connectivity index (χ0) is 16.3. The lowest BCUT2D eigenvalue weighted by molar-refractivity contribution is -0.152. The van der Waals surface area contributed by atoms with Crippen molar-refractivity contribution < 1.29 is 19.1 Å². The molecule has 1 aliphatic rings. The first-order valence-electron chi connectivity index (χ1n) is 8.04. The summed E-state index contributed by atoms with van der Waals surface area (Å²) in [6, 6.07) is 0. The molecule has 4 heteroatoms. The van der Waals surface area contributed by atoms with Crippen LogP contribution in [0.5, 0.6) is 0 Å². The van der Waals surface area contributed by atoms with Crippen LogP contribution in [0.15, 0.2) is 0 Å². The maximum atomic E-state index is 11.4. The van der Waals surface area contributed by atoms with Crippen LogP contribution in [-0.2, 0) is 19.1 Å². The van der Waals surface area contributed by atoms with Crippen molar-refractivity contribution in [1.82, 2.24) is 0 Å².